The van der Waals surface area contributed by atoms with Crippen molar-refractivity contribution in [1.82, 2.24) is 9.97 Å². The van der Waals surface area contributed by atoms with Gasteiger partial charge in [0.2, 0.25) is 0 Å². The van der Waals surface area contributed by atoms with E-state index in [0.717, 1.165) is 5.56 Å². The van der Waals surface area contributed by atoms with Crippen LogP contribution in [0.15, 0.2) is 30.6 Å². The summed E-state index contributed by atoms with van der Waals surface area (Å²) in [5, 5.41) is 2.74. The maximum atomic E-state index is 12.1. The average molecular weight is 273 g/mol. The van der Waals surface area contributed by atoms with Crippen LogP contribution in [-0.4, -0.2) is 23.0 Å². The van der Waals surface area contributed by atoms with E-state index in [1.54, 1.807) is 13.2 Å². The summed E-state index contributed by atoms with van der Waals surface area (Å²) in [5.74, 6) is 5.78. The number of amides is 1. The first-order valence-corrected chi connectivity index (χ1v) is 5.88. The molecule has 0 aliphatic carbocycles. The van der Waals surface area contributed by atoms with Crippen LogP contribution in [-0.2, 0) is 0 Å². The fraction of sp³-hybridized carbons (Fsp3) is 0.154. The number of methoxy groups -OCH3 is 1. The van der Waals surface area contributed by atoms with Gasteiger partial charge >= 0.3 is 0 Å². The van der Waals surface area contributed by atoms with Crippen molar-refractivity contribution in [1.29, 1.82) is 0 Å². The van der Waals surface area contributed by atoms with Gasteiger partial charge in [0.15, 0.2) is 5.82 Å². The van der Waals surface area contributed by atoms with E-state index in [1.807, 2.05) is 19.1 Å². The summed E-state index contributed by atoms with van der Waals surface area (Å²) in [6.45, 7) is 1.93. The predicted octanol–water partition coefficient (Wildman–Crippen LogP) is 1.33. The molecule has 104 valence electrons. The molecule has 2 aromatic rings. The van der Waals surface area contributed by atoms with E-state index in [4.69, 9.17) is 10.6 Å². The van der Waals surface area contributed by atoms with Crippen molar-refractivity contribution in [2.24, 2.45) is 5.84 Å². The molecule has 7 nitrogen and oxygen atoms in total. The molecule has 0 spiro atoms. The Morgan fingerprint density at radius 3 is 2.70 bits per heavy atom. The second kappa shape index (κ2) is 5.98. The molecule has 0 aliphatic heterocycles. The minimum Gasteiger partial charge on any atom is -0.495 e. The molecule has 1 aromatic heterocycles. The number of benzene rings is 1. The molecule has 0 aliphatic rings. The number of ether oxygens (including phenoxy) is 1. The topological polar surface area (TPSA) is 102 Å². The number of aryl methyl sites for hydroxylation is 1. The third-order valence-electron chi connectivity index (χ3n) is 2.64. The number of hydrogen-bond acceptors (Lipinski definition) is 6. The zero-order chi connectivity index (χ0) is 14.5. The molecule has 1 amide bonds. The van der Waals surface area contributed by atoms with Crippen molar-refractivity contribution in [3.63, 3.8) is 0 Å². The Bertz CT molecular complexity index is 613. The number of nitrogens with two attached hydrogens (primary N) is 1. The summed E-state index contributed by atoms with van der Waals surface area (Å²) in [7, 11) is 1.54. The number of nitrogens with one attached hydrogen (secondary N) is 2. The Kier molecular flexibility index (Phi) is 4.11. The summed E-state index contributed by atoms with van der Waals surface area (Å²) in [5.41, 5.74) is 4.12. The normalized spacial score (nSPS) is 9.95. The molecule has 1 aromatic carbocycles. The summed E-state index contributed by atoms with van der Waals surface area (Å²) in [6.07, 6.45) is 2.72. The molecule has 0 saturated heterocycles. The molecule has 0 saturated carbocycles. The van der Waals surface area contributed by atoms with Crippen LogP contribution in [0.5, 0.6) is 5.75 Å². The van der Waals surface area contributed by atoms with Crippen molar-refractivity contribution >= 4 is 17.4 Å². The van der Waals surface area contributed by atoms with Gasteiger partial charge in [0.25, 0.3) is 5.91 Å². The molecule has 0 bridgehead atoms. The van der Waals surface area contributed by atoms with E-state index in [-0.39, 0.29) is 11.6 Å². The lowest BCUT2D eigenvalue weighted by Crippen LogP contribution is -2.16. The highest BCUT2D eigenvalue weighted by molar-refractivity contribution is 6.03. The SMILES string of the molecule is COc1ccc(C)cc1NC(=O)c1cnc(NN)cn1. The summed E-state index contributed by atoms with van der Waals surface area (Å²) >= 11 is 0. The van der Waals surface area contributed by atoms with Crippen molar-refractivity contribution < 1.29 is 9.53 Å². The molecule has 1 heterocycles. The maximum Gasteiger partial charge on any atom is 0.275 e. The van der Waals surface area contributed by atoms with E-state index >= 15 is 0 Å². The Balaban J connectivity index is 2.20. The zero-order valence-corrected chi connectivity index (χ0v) is 11.2. The maximum absolute atomic E-state index is 12.1. The van der Waals surface area contributed by atoms with Gasteiger partial charge in [0.1, 0.15) is 11.4 Å². The van der Waals surface area contributed by atoms with Gasteiger partial charge in [-0.25, -0.2) is 15.8 Å². The number of nitrogen functional groups attached to an aromatic ring is 1. The molecule has 0 fully saturated rings. The number of rotatable bonds is 4. The van der Waals surface area contributed by atoms with Crippen LogP contribution in [0.4, 0.5) is 11.5 Å². The van der Waals surface area contributed by atoms with E-state index in [2.05, 4.69) is 20.7 Å². The number of nitrogens with zero attached hydrogens (tertiary/aromatic N) is 2. The van der Waals surface area contributed by atoms with Crippen LogP contribution < -0.4 is 21.3 Å². The number of anilines is 2. The van der Waals surface area contributed by atoms with Crippen LogP contribution in [0, 0.1) is 6.92 Å². The van der Waals surface area contributed by atoms with Crippen LogP contribution in [0.1, 0.15) is 16.1 Å². The fourth-order valence-corrected chi connectivity index (χ4v) is 1.63. The van der Waals surface area contributed by atoms with E-state index in [0.29, 0.717) is 17.3 Å². The van der Waals surface area contributed by atoms with Gasteiger partial charge in [-0.3, -0.25) is 4.79 Å². The Morgan fingerprint density at radius 1 is 1.30 bits per heavy atom. The van der Waals surface area contributed by atoms with Crippen molar-refractivity contribution in [3.8, 4) is 5.75 Å². The molecule has 4 N–H and O–H groups in total. The van der Waals surface area contributed by atoms with Gasteiger partial charge in [-0.1, -0.05) is 6.07 Å². The van der Waals surface area contributed by atoms with Gasteiger partial charge in [-0.2, -0.15) is 0 Å². The Morgan fingerprint density at radius 2 is 2.10 bits per heavy atom. The van der Waals surface area contributed by atoms with Gasteiger partial charge in [0.05, 0.1) is 25.2 Å². The molecule has 0 unspecified atom stereocenters. The third kappa shape index (κ3) is 3.01. The minimum absolute atomic E-state index is 0.188. The van der Waals surface area contributed by atoms with E-state index < -0.39 is 0 Å². The predicted molar refractivity (Wildman–Crippen MR) is 75.5 cm³/mol. The largest absolute Gasteiger partial charge is 0.495 e. The minimum atomic E-state index is -0.370. The van der Waals surface area contributed by atoms with Gasteiger partial charge in [-0.15, -0.1) is 0 Å². The lowest BCUT2D eigenvalue weighted by atomic mass is 10.2. The highest BCUT2D eigenvalue weighted by atomic mass is 16.5. The Labute approximate surface area is 116 Å². The lowest BCUT2D eigenvalue weighted by molar-refractivity contribution is 0.102. The highest BCUT2D eigenvalue weighted by Gasteiger charge is 2.11. The molecule has 0 radical (unpaired) electrons. The molecule has 0 atom stereocenters. The average Bonchev–Trinajstić information content (AvgIpc) is 2.47. The van der Waals surface area contributed by atoms with E-state index in [9.17, 15) is 4.79 Å². The number of hydrogen-bond donors (Lipinski definition) is 3. The van der Waals surface area contributed by atoms with Crippen molar-refractivity contribution in [2.75, 3.05) is 17.9 Å². The van der Waals surface area contributed by atoms with Crippen molar-refractivity contribution in [3.05, 3.63) is 41.9 Å². The van der Waals surface area contributed by atoms with Crippen LogP contribution in [0.25, 0.3) is 0 Å². The number of carbonyl (C=O) groups excluding carboxylic acids is 1. The van der Waals surface area contributed by atoms with Crippen molar-refractivity contribution in [2.45, 2.75) is 6.92 Å². The molecule has 7 heteroatoms. The molecule has 20 heavy (non-hydrogen) atoms. The monoisotopic (exact) mass is 273 g/mol. The second-order valence-corrected chi connectivity index (χ2v) is 4.09. The first kappa shape index (κ1) is 13.8. The van der Waals surface area contributed by atoms with E-state index in [1.165, 1.54) is 12.4 Å². The fourth-order valence-electron chi connectivity index (χ4n) is 1.63. The molecule has 2 rings (SSSR count). The van der Waals surface area contributed by atoms with Crippen LogP contribution >= 0.6 is 0 Å². The number of aromatic nitrogens is 2. The quantitative estimate of drug-likeness (QED) is 0.573. The number of carbonyl (C=O) groups is 1. The zero-order valence-electron chi connectivity index (χ0n) is 11.2. The first-order valence-electron chi connectivity index (χ1n) is 5.88. The Hall–Kier alpha value is -2.67. The standard InChI is InChI=1S/C13H15N5O2/c1-8-3-4-11(20-2)9(5-8)17-13(19)10-6-16-12(18-14)7-15-10/h3-7H,14H2,1-2H3,(H,16,18)(H,17,19). The third-order valence-corrected chi connectivity index (χ3v) is 2.64. The summed E-state index contributed by atoms with van der Waals surface area (Å²) in [6, 6.07) is 5.51. The smallest absolute Gasteiger partial charge is 0.275 e. The summed E-state index contributed by atoms with van der Waals surface area (Å²) < 4.78 is 5.20. The summed E-state index contributed by atoms with van der Waals surface area (Å²) in [4.78, 5) is 20.0. The van der Waals surface area contributed by atoms with Crippen LogP contribution in [0.3, 0.4) is 0 Å². The second-order valence-electron chi connectivity index (χ2n) is 4.09. The van der Waals surface area contributed by atoms with Gasteiger partial charge in [-0.05, 0) is 24.6 Å². The van der Waals surface area contributed by atoms with Gasteiger partial charge < -0.3 is 15.5 Å². The highest BCUT2D eigenvalue weighted by Crippen LogP contribution is 2.25. The van der Waals surface area contributed by atoms with Crippen LogP contribution in [0.2, 0.25) is 0 Å². The van der Waals surface area contributed by atoms with Gasteiger partial charge in [0, 0.05) is 0 Å². The molecular formula is C13H15N5O2. The number of hydrazine groups is 1. The lowest BCUT2D eigenvalue weighted by Gasteiger charge is -2.10. The molecular weight excluding hydrogens is 258 g/mol. The first-order chi connectivity index (χ1) is 9.63.